The molecule has 0 atom stereocenters. The molecule has 6 nitrogen and oxygen atoms in total. The summed E-state index contributed by atoms with van der Waals surface area (Å²) >= 11 is 0. The third-order valence-corrected chi connectivity index (χ3v) is 3.82. The predicted octanol–water partition coefficient (Wildman–Crippen LogP) is 3.18. The summed E-state index contributed by atoms with van der Waals surface area (Å²) < 4.78 is 0. The first-order chi connectivity index (χ1) is 11.2. The lowest BCUT2D eigenvalue weighted by Gasteiger charge is -2.06. The first-order valence-electron chi connectivity index (χ1n) is 6.94. The van der Waals surface area contributed by atoms with Gasteiger partial charge in [0.2, 0.25) is 0 Å². The lowest BCUT2D eigenvalue weighted by Crippen LogP contribution is -1.97. The Morgan fingerprint density at radius 3 is 2.78 bits per heavy atom. The molecule has 4 rings (SSSR count). The van der Waals surface area contributed by atoms with E-state index < -0.39 is 5.97 Å². The average molecular weight is 305 g/mol. The number of hydrogen-bond acceptors (Lipinski definition) is 4. The summed E-state index contributed by atoms with van der Waals surface area (Å²) in [6.07, 6.45) is 1.59. The highest BCUT2D eigenvalue weighted by atomic mass is 16.4. The van der Waals surface area contributed by atoms with Gasteiger partial charge in [0.1, 0.15) is 17.0 Å². The van der Waals surface area contributed by atoms with Crippen molar-refractivity contribution in [3.63, 3.8) is 0 Å². The van der Waals surface area contributed by atoms with Crippen LogP contribution in [-0.4, -0.2) is 31.4 Å². The molecule has 2 aromatic heterocycles. The number of aromatic hydroxyl groups is 1. The van der Waals surface area contributed by atoms with Gasteiger partial charge in [0, 0.05) is 22.5 Å². The van der Waals surface area contributed by atoms with Gasteiger partial charge >= 0.3 is 5.97 Å². The molecule has 0 aliphatic rings. The van der Waals surface area contributed by atoms with Crippen molar-refractivity contribution in [3.05, 3.63) is 54.2 Å². The zero-order chi connectivity index (χ0) is 16.0. The highest BCUT2D eigenvalue weighted by molar-refractivity contribution is 6.11. The minimum absolute atomic E-state index is 0.0719. The summed E-state index contributed by atoms with van der Waals surface area (Å²) in [6, 6.07) is 11.8. The fraction of sp³-hybridized carbons (Fsp3) is 0. The molecule has 4 aromatic rings. The van der Waals surface area contributed by atoms with Crippen LogP contribution in [-0.2, 0) is 0 Å². The SMILES string of the molecule is O=C(O)c1cccc2[nH]nc(-c3ccc(O)c4ncccc34)c12. The third-order valence-electron chi connectivity index (χ3n) is 3.82. The summed E-state index contributed by atoms with van der Waals surface area (Å²) in [5, 5.41) is 27.8. The fourth-order valence-corrected chi connectivity index (χ4v) is 2.81. The van der Waals surface area contributed by atoms with Gasteiger partial charge in [-0.1, -0.05) is 12.1 Å². The van der Waals surface area contributed by atoms with Crippen LogP contribution in [0, 0.1) is 0 Å². The molecule has 0 aliphatic carbocycles. The van der Waals surface area contributed by atoms with E-state index in [0.29, 0.717) is 33.1 Å². The number of H-pyrrole nitrogens is 1. The van der Waals surface area contributed by atoms with Crippen LogP contribution >= 0.6 is 0 Å². The molecule has 0 saturated carbocycles. The number of rotatable bonds is 2. The maximum Gasteiger partial charge on any atom is 0.336 e. The van der Waals surface area contributed by atoms with E-state index in [-0.39, 0.29) is 11.3 Å². The summed E-state index contributed by atoms with van der Waals surface area (Å²) in [4.78, 5) is 15.7. The van der Waals surface area contributed by atoms with Gasteiger partial charge < -0.3 is 10.2 Å². The smallest absolute Gasteiger partial charge is 0.336 e. The summed E-state index contributed by atoms with van der Waals surface area (Å²) in [7, 11) is 0. The number of aromatic carboxylic acids is 1. The van der Waals surface area contributed by atoms with Crippen molar-refractivity contribution in [1.29, 1.82) is 0 Å². The molecule has 3 N–H and O–H groups in total. The van der Waals surface area contributed by atoms with Gasteiger partial charge in [0.05, 0.1) is 11.1 Å². The number of benzene rings is 2. The number of aromatic amines is 1. The van der Waals surface area contributed by atoms with E-state index in [1.807, 2.05) is 6.07 Å². The van der Waals surface area contributed by atoms with Crippen molar-refractivity contribution in [3.8, 4) is 17.0 Å². The zero-order valence-electron chi connectivity index (χ0n) is 11.8. The molecular weight excluding hydrogens is 294 g/mol. The largest absolute Gasteiger partial charge is 0.506 e. The maximum atomic E-state index is 11.5. The predicted molar refractivity (Wildman–Crippen MR) is 85.5 cm³/mol. The van der Waals surface area contributed by atoms with Crippen molar-refractivity contribution in [2.75, 3.05) is 0 Å². The fourth-order valence-electron chi connectivity index (χ4n) is 2.81. The molecule has 0 radical (unpaired) electrons. The number of carboxylic acids is 1. The van der Waals surface area contributed by atoms with Gasteiger partial charge in [-0.25, -0.2) is 4.79 Å². The summed E-state index contributed by atoms with van der Waals surface area (Å²) in [6.45, 7) is 0. The van der Waals surface area contributed by atoms with Crippen molar-refractivity contribution in [2.24, 2.45) is 0 Å². The highest BCUT2D eigenvalue weighted by Gasteiger charge is 2.18. The molecule has 6 heteroatoms. The standard InChI is InChI=1S/C17H11N3O3/c21-13-7-6-10(9-4-2-8-18-15(9)13)16-14-11(17(22)23)3-1-5-12(14)19-20-16/h1-8,21H,(H,19,20)(H,22,23). The molecule has 0 unspecified atom stereocenters. The molecule has 0 spiro atoms. The first kappa shape index (κ1) is 13.3. The Kier molecular flexibility index (Phi) is 2.77. The number of nitrogens with zero attached hydrogens (tertiary/aromatic N) is 2. The van der Waals surface area contributed by atoms with E-state index >= 15 is 0 Å². The topological polar surface area (TPSA) is 99.1 Å². The molecule has 0 fully saturated rings. The van der Waals surface area contributed by atoms with Crippen LogP contribution in [0.5, 0.6) is 5.75 Å². The third kappa shape index (κ3) is 1.92. The molecule has 2 aromatic carbocycles. The van der Waals surface area contributed by atoms with Gasteiger partial charge in [0.15, 0.2) is 0 Å². The summed E-state index contributed by atoms with van der Waals surface area (Å²) in [5.41, 5.74) is 2.51. The number of carbonyl (C=O) groups is 1. The number of fused-ring (bicyclic) bond motifs is 2. The number of carboxylic acid groups (broad SMARTS) is 1. The van der Waals surface area contributed by atoms with E-state index in [1.54, 1.807) is 36.5 Å². The van der Waals surface area contributed by atoms with Crippen LogP contribution in [0.25, 0.3) is 33.1 Å². The van der Waals surface area contributed by atoms with Gasteiger partial charge in [-0.15, -0.1) is 0 Å². The van der Waals surface area contributed by atoms with E-state index in [2.05, 4.69) is 15.2 Å². The average Bonchev–Trinajstić information content (AvgIpc) is 2.99. The molecule has 0 amide bonds. The van der Waals surface area contributed by atoms with Crippen LogP contribution in [0.1, 0.15) is 10.4 Å². The van der Waals surface area contributed by atoms with Gasteiger partial charge in [0.25, 0.3) is 0 Å². The Labute approximate surface area is 130 Å². The second-order valence-electron chi connectivity index (χ2n) is 5.14. The van der Waals surface area contributed by atoms with Crippen LogP contribution in [0.15, 0.2) is 48.7 Å². The second kappa shape index (κ2) is 4.81. The number of phenolic OH excluding ortho intramolecular Hbond substituents is 1. The lowest BCUT2D eigenvalue weighted by atomic mass is 9.99. The van der Waals surface area contributed by atoms with E-state index in [9.17, 15) is 15.0 Å². The molecule has 112 valence electrons. The molecular formula is C17H11N3O3. The van der Waals surface area contributed by atoms with Gasteiger partial charge in [-0.05, 0) is 30.3 Å². The van der Waals surface area contributed by atoms with E-state index in [1.165, 1.54) is 6.07 Å². The number of phenols is 1. The quantitative estimate of drug-likeness (QED) is 0.528. The zero-order valence-corrected chi connectivity index (χ0v) is 11.8. The Morgan fingerprint density at radius 1 is 1.09 bits per heavy atom. The first-order valence-corrected chi connectivity index (χ1v) is 6.94. The number of hydrogen-bond donors (Lipinski definition) is 3. The number of pyridine rings is 1. The molecule has 2 heterocycles. The maximum absolute atomic E-state index is 11.5. The van der Waals surface area contributed by atoms with Gasteiger partial charge in [-0.3, -0.25) is 10.1 Å². The van der Waals surface area contributed by atoms with Crippen LogP contribution in [0.3, 0.4) is 0 Å². The van der Waals surface area contributed by atoms with Crippen LogP contribution in [0.4, 0.5) is 0 Å². The van der Waals surface area contributed by atoms with Crippen molar-refractivity contribution in [2.45, 2.75) is 0 Å². The Hall–Kier alpha value is -3.41. The normalized spacial score (nSPS) is 11.1. The van der Waals surface area contributed by atoms with E-state index in [0.717, 1.165) is 0 Å². The minimum atomic E-state index is -1.01. The second-order valence-corrected chi connectivity index (χ2v) is 5.14. The van der Waals surface area contributed by atoms with Crippen molar-refractivity contribution < 1.29 is 15.0 Å². The minimum Gasteiger partial charge on any atom is -0.506 e. The Balaban J connectivity index is 2.12. The van der Waals surface area contributed by atoms with Crippen molar-refractivity contribution >= 4 is 27.8 Å². The number of nitrogens with one attached hydrogen (secondary N) is 1. The lowest BCUT2D eigenvalue weighted by molar-refractivity contribution is 0.0699. The Bertz CT molecular complexity index is 1070. The van der Waals surface area contributed by atoms with Crippen LogP contribution < -0.4 is 0 Å². The Morgan fingerprint density at radius 2 is 1.96 bits per heavy atom. The van der Waals surface area contributed by atoms with Crippen molar-refractivity contribution in [1.82, 2.24) is 15.2 Å². The highest BCUT2D eigenvalue weighted by Crippen LogP contribution is 2.36. The summed E-state index contributed by atoms with van der Waals surface area (Å²) in [5.74, 6) is -0.942. The molecule has 0 aliphatic heterocycles. The monoisotopic (exact) mass is 305 g/mol. The van der Waals surface area contributed by atoms with Crippen LogP contribution in [0.2, 0.25) is 0 Å². The van der Waals surface area contributed by atoms with Gasteiger partial charge in [-0.2, -0.15) is 5.10 Å². The number of aromatic nitrogens is 3. The molecule has 0 bridgehead atoms. The molecule has 0 saturated heterocycles. The molecule has 23 heavy (non-hydrogen) atoms. The van der Waals surface area contributed by atoms with E-state index in [4.69, 9.17) is 0 Å².